The monoisotopic (exact) mass is 315 g/mol. The third kappa shape index (κ3) is 4.61. The smallest absolute Gasteiger partial charge is 0.305 e. The number of azide groups is 1. The Morgan fingerprint density at radius 3 is 2.23 bits per heavy atom. The Hall–Kier alpha value is -2.32. The van der Waals surface area contributed by atoms with Gasteiger partial charge in [-0.15, -0.1) is 0 Å². The van der Waals surface area contributed by atoms with Gasteiger partial charge in [-0.1, -0.05) is 0 Å². The predicted molar refractivity (Wildman–Crippen MR) is 69.9 cm³/mol. The van der Waals surface area contributed by atoms with Crippen molar-refractivity contribution in [3.05, 3.63) is 10.4 Å². The Balaban J connectivity index is 3.12. The summed E-state index contributed by atoms with van der Waals surface area (Å²) in [5.41, 5.74) is 8.66. The van der Waals surface area contributed by atoms with Crippen molar-refractivity contribution in [3.63, 3.8) is 0 Å². The maximum Gasteiger partial charge on any atom is 0.305 e. The molecule has 0 bridgehead atoms. The van der Waals surface area contributed by atoms with Crippen LogP contribution < -0.4 is 0 Å². The van der Waals surface area contributed by atoms with E-state index in [-0.39, 0.29) is 6.42 Å². The fraction of sp³-hybridized carbons (Fsp3) is 0.750. The normalized spacial score (nSPS) is 30.6. The summed E-state index contributed by atoms with van der Waals surface area (Å²) in [5.74, 6) is -3.93. The number of nitrogens with zero attached hydrogens (tertiary/aromatic N) is 3. The zero-order valence-corrected chi connectivity index (χ0v) is 12.6. The van der Waals surface area contributed by atoms with Crippen molar-refractivity contribution in [2.45, 2.75) is 58.3 Å². The van der Waals surface area contributed by atoms with Gasteiger partial charge < -0.3 is 18.9 Å². The molecule has 1 fully saturated rings. The molecule has 0 saturated carbocycles. The van der Waals surface area contributed by atoms with Gasteiger partial charge in [0.25, 0.3) is 5.91 Å². The minimum Gasteiger partial charge on any atom is -0.458 e. The van der Waals surface area contributed by atoms with Crippen LogP contribution in [0.3, 0.4) is 0 Å². The van der Waals surface area contributed by atoms with Gasteiger partial charge in [0.15, 0.2) is 6.10 Å². The molecule has 10 nitrogen and oxygen atoms in total. The molecule has 1 aliphatic heterocycles. The van der Waals surface area contributed by atoms with E-state index in [9.17, 15) is 14.4 Å². The number of ether oxygens (including phenoxy) is 4. The highest BCUT2D eigenvalue weighted by Gasteiger charge is 2.51. The molecule has 1 heterocycles. The second kappa shape index (κ2) is 7.10. The van der Waals surface area contributed by atoms with Crippen LogP contribution in [-0.2, 0) is 33.3 Å². The molecule has 22 heavy (non-hydrogen) atoms. The average Bonchev–Trinajstić information content (AvgIpc) is 2.32. The van der Waals surface area contributed by atoms with Gasteiger partial charge in [0.1, 0.15) is 6.10 Å². The van der Waals surface area contributed by atoms with Crippen LogP contribution in [0.5, 0.6) is 0 Å². The van der Waals surface area contributed by atoms with Crippen LogP contribution in [0, 0.1) is 0 Å². The predicted octanol–water partition coefficient (Wildman–Crippen LogP) is 1.19. The molecule has 0 aromatic rings. The molecule has 122 valence electrons. The summed E-state index contributed by atoms with van der Waals surface area (Å²) < 4.78 is 20.5. The number of rotatable bonds is 4. The van der Waals surface area contributed by atoms with Crippen molar-refractivity contribution in [1.29, 1.82) is 0 Å². The van der Waals surface area contributed by atoms with E-state index in [1.165, 1.54) is 20.8 Å². The number of carbonyl (C=O) groups is 3. The van der Waals surface area contributed by atoms with Crippen LogP contribution in [0.4, 0.5) is 0 Å². The summed E-state index contributed by atoms with van der Waals surface area (Å²) in [6.07, 6.45) is -3.04. The van der Waals surface area contributed by atoms with Gasteiger partial charge in [-0.05, 0) is 17.6 Å². The summed E-state index contributed by atoms with van der Waals surface area (Å²) >= 11 is 0. The lowest BCUT2D eigenvalue weighted by atomic mass is 9.99. The second-order valence-corrected chi connectivity index (χ2v) is 4.74. The molecule has 4 atom stereocenters. The van der Waals surface area contributed by atoms with E-state index in [1.54, 1.807) is 0 Å². The van der Waals surface area contributed by atoms with Crippen molar-refractivity contribution in [3.8, 4) is 0 Å². The fourth-order valence-electron chi connectivity index (χ4n) is 2.21. The number of hydrogen-bond acceptors (Lipinski definition) is 8. The minimum atomic E-state index is -1.96. The van der Waals surface area contributed by atoms with Crippen molar-refractivity contribution in [2.75, 3.05) is 0 Å². The highest BCUT2D eigenvalue weighted by Crippen LogP contribution is 2.35. The molecule has 0 aromatic carbocycles. The molecular formula is C12H17N3O7. The summed E-state index contributed by atoms with van der Waals surface area (Å²) in [5, 5.41) is 3.36. The maximum atomic E-state index is 11.2. The molecule has 0 spiro atoms. The Kier molecular flexibility index (Phi) is 5.72. The van der Waals surface area contributed by atoms with Crippen LogP contribution >= 0.6 is 0 Å². The first-order valence-corrected chi connectivity index (χ1v) is 6.47. The van der Waals surface area contributed by atoms with Crippen molar-refractivity contribution >= 4 is 17.9 Å². The highest BCUT2D eigenvalue weighted by molar-refractivity contribution is 5.68. The molecular weight excluding hydrogens is 298 g/mol. The molecule has 0 aromatic heterocycles. The zero-order chi connectivity index (χ0) is 16.9. The lowest BCUT2D eigenvalue weighted by Gasteiger charge is -2.43. The first kappa shape index (κ1) is 17.7. The van der Waals surface area contributed by atoms with E-state index in [2.05, 4.69) is 10.0 Å². The summed E-state index contributed by atoms with van der Waals surface area (Å²) in [7, 11) is 0. The van der Waals surface area contributed by atoms with Crippen LogP contribution in [0.1, 0.15) is 34.1 Å². The van der Waals surface area contributed by atoms with E-state index >= 15 is 0 Å². The topological polar surface area (TPSA) is 137 Å². The van der Waals surface area contributed by atoms with Crippen LogP contribution in [0.2, 0.25) is 0 Å². The molecule has 0 radical (unpaired) electrons. The van der Waals surface area contributed by atoms with Gasteiger partial charge in [0, 0.05) is 25.7 Å². The summed E-state index contributed by atoms with van der Waals surface area (Å²) in [4.78, 5) is 36.2. The van der Waals surface area contributed by atoms with E-state index in [1.807, 2.05) is 0 Å². The number of carbonyl (C=O) groups excluding carboxylic acids is 3. The lowest BCUT2D eigenvalue weighted by molar-refractivity contribution is -0.302. The number of esters is 3. The van der Waals surface area contributed by atoms with E-state index in [0.717, 1.165) is 6.92 Å². The lowest BCUT2D eigenvalue weighted by Crippen LogP contribution is -2.56. The second-order valence-electron chi connectivity index (χ2n) is 4.74. The number of hydrogen-bond donors (Lipinski definition) is 0. The quantitative estimate of drug-likeness (QED) is 0.250. The molecule has 1 saturated heterocycles. The first-order chi connectivity index (χ1) is 10.2. The van der Waals surface area contributed by atoms with Crippen LogP contribution in [-0.4, -0.2) is 42.1 Å². The minimum absolute atomic E-state index is 0.293. The Bertz CT molecular complexity index is 517. The van der Waals surface area contributed by atoms with Gasteiger partial charge in [-0.25, -0.2) is 0 Å². The van der Waals surface area contributed by atoms with Gasteiger partial charge in [0.05, 0.1) is 12.5 Å². The van der Waals surface area contributed by atoms with Gasteiger partial charge >= 0.3 is 17.9 Å². The maximum absolute atomic E-state index is 11.2. The van der Waals surface area contributed by atoms with Crippen LogP contribution in [0.25, 0.3) is 10.4 Å². The van der Waals surface area contributed by atoms with E-state index in [0.29, 0.717) is 0 Å². The van der Waals surface area contributed by atoms with Crippen LogP contribution in [0.15, 0.2) is 5.11 Å². The summed E-state index contributed by atoms with van der Waals surface area (Å²) in [6, 6.07) is 0. The molecule has 1 rings (SSSR count). The fourth-order valence-corrected chi connectivity index (χ4v) is 2.21. The third-order valence-corrected chi connectivity index (χ3v) is 2.78. The Labute approximate surface area is 126 Å². The Morgan fingerprint density at radius 1 is 1.18 bits per heavy atom. The Morgan fingerprint density at radius 2 is 1.77 bits per heavy atom. The largest absolute Gasteiger partial charge is 0.458 e. The van der Waals surface area contributed by atoms with Crippen molar-refractivity contribution in [2.24, 2.45) is 5.11 Å². The van der Waals surface area contributed by atoms with Gasteiger partial charge in [-0.3, -0.25) is 14.4 Å². The van der Waals surface area contributed by atoms with Crippen molar-refractivity contribution < 1.29 is 33.3 Å². The highest BCUT2D eigenvalue weighted by atomic mass is 16.7. The zero-order valence-electron chi connectivity index (χ0n) is 12.6. The standard InChI is InChI=1S/C12H17N3O7/c1-6-11(20-8(3)17)10(19-7(2)16)5-12(21-6,14-15-13)22-9(4)18/h6,10-11H,5H2,1-4H3/t6-,10-,11+,12+/m0/s1. The molecule has 0 amide bonds. The van der Waals surface area contributed by atoms with E-state index in [4.69, 9.17) is 24.5 Å². The molecule has 0 N–H and O–H groups in total. The van der Waals surface area contributed by atoms with E-state index < -0.39 is 42.1 Å². The first-order valence-electron chi connectivity index (χ1n) is 6.47. The molecule has 10 heteroatoms. The SMILES string of the molecule is CC(=O)O[C@@H]1[C@H](C)O[C@@](N=[N+]=[N-])(OC(C)=O)C[C@@H]1OC(C)=O. The summed E-state index contributed by atoms with van der Waals surface area (Å²) in [6.45, 7) is 4.99. The van der Waals surface area contributed by atoms with Gasteiger partial charge in [-0.2, -0.15) is 0 Å². The molecule has 0 aliphatic carbocycles. The molecule has 0 unspecified atom stereocenters. The van der Waals surface area contributed by atoms with Gasteiger partial charge in [0.2, 0.25) is 0 Å². The molecule has 1 aliphatic rings. The average molecular weight is 315 g/mol. The third-order valence-electron chi connectivity index (χ3n) is 2.78. The van der Waals surface area contributed by atoms with Crippen molar-refractivity contribution in [1.82, 2.24) is 0 Å².